The van der Waals surface area contributed by atoms with E-state index in [1.54, 1.807) is 5.51 Å². The van der Waals surface area contributed by atoms with Gasteiger partial charge in [0.15, 0.2) is 0 Å². The van der Waals surface area contributed by atoms with Gasteiger partial charge in [-0.15, -0.1) is 11.3 Å². The highest BCUT2D eigenvalue weighted by Crippen LogP contribution is 2.33. The summed E-state index contributed by atoms with van der Waals surface area (Å²) in [4.78, 5) is 18.7. The van der Waals surface area contributed by atoms with Crippen molar-refractivity contribution in [3.63, 3.8) is 0 Å². The van der Waals surface area contributed by atoms with Gasteiger partial charge in [-0.2, -0.15) is 5.10 Å². The number of hydrogen-bond acceptors (Lipinski definition) is 5. The number of fused-ring (bicyclic) bond motifs is 1. The normalized spacial score (nSPS) is 20.2. The molecule has 128 valence electrons. The molecule has 2 aromatic rings. The van der Waals surface area contributed by atoms with E-state index in [4.69, 9.17) is 9.84 Å². The summed E-state index contributed by atoms with van der Waals surface area (Å²) in [5, 5.41) is 6.62. The van der Waals surface area contributed by atoms with Crippen LogP contribution in [0.1, 0.15) is 47.4 Å². The average Bonchev–Trinajstić information content (AvgIpc) is 3.08. The molecule has 0 unspecified atom stereocenters. The predicted octanol–water partition coefficient (Wildman–Crippen LogP) is 2.53. The minimum Gasteiger partial charge on any atom is -0.381 e. The van der Waals surface area contributed by atoms with Gasteiger partial charge in [-0.1, -0.05) is 0 Å². The second kappa shape index (κ2) is 6.64. The zero-order chi connectivity index (χ0) is 16.5. The highest BCUT2D eigenvalue weighted by atomic mass is 32.1. The first-order chi connectivity index (χ1) is 11.7. The number of carbonyl (C=O) groups is 1. The maximum atomic E-state index is 12.7. The third-order valence-electron chi connectivity index (χ3n) is 4.66. The minimum atomic E-state index is -0.00154. The largest absolute Gasteiger partial charge is 0.381 e. The molecule has 0 N–H and O–H groups in total. The molecular weight excluding hydrogens is 324 g/mol. The molecule has 1 atom stereocenters. The molecule has 1 saturated carbocycles. The van der Waals surface area contributed by atoms with Crippen LogP contribution in [0, 0.1) is 5.92 Å². The van der Waals surface area contributed by atoms with Gasteiger partial charge in [0, 0.05) is 49.3 Å². The molecule has 1 aliphatic heterocycles. The van der Waals surface area contributed by atoms with Gasteiger partial charge >= 0.3 is 0 Å². The molecular formula is C17H22N4O2S. The van der Waals surface area contributed by atoms with E-state index < -0.39 is 0 Å². The van der Waals surface area contributed by atoms with E-state index in [9.17, 15) is 4.79 Å². The lowest BCUT2D eigenvalue weighted by Crippen LogP contribution is -2.39. The van der Waals surface area contributed by atoms with Crippen molar-refractivity contribution < 1.29 is 9.53 Å². The van der Waals surface area contributed by atoms with Crippen molar-refractivity contribution in [2.24, 2.45) is 5.92 Å². The lowest BCUT2D eigenvalue weighted by molar-refractivity contribution is 0.0647. The third-order valence-corrected chi connectivity index (χ3v) is 5.25. The molecule has 4 rings (SSSR count). The molecule has 2 aromatic heterocycles. The summed E-state index contributed by atoms with van der Waals surface area (Å²) in [6.45, 7) is 5.52. The molecule has 3 heterocycles. The van der Waals surface area contributed by atoms with E-state index in [1.807, 2.05) is 17.2 Å². The number of ether oxygens (including phenoxy) is 1. The fourth-order valence-corrected chi connectivity index (χ4v) is 3.78. The third kappa shape index (κ3) is 3.23. The van der Waals surface area contributed by atoms with E-state index in [0.717, 1.165) is 23.7 Å². The van der Waals surface area contributed by atoms with Gasteiger partial charge in [0.05, 0.1) is 17.8 Å². The van der Waals surface area contributed by atoms with Crippen molar-refractivity contribution in [3.05, 3.63) is 34.0 Å². The highest BCUT2D eigenvalue weighted by molar-refractivity contribution is 7.07. The van der Waals surface area contributed by atoms with Gasteiger partial charge in [0.1, 0.15) is 5.69 Å². The molecule has 0 aromatic carbocycles. The molecule has 0 radical (unpaired) electrons. The SMILES string of the molecule is CCOC[C@H]1CN(C(=O)c2cscn2)Cc2cn(CC3CC3)nc21. The Labute approximate surface area is 145 Å². The zero-order valence-corrected chi connectivity index (χ0v) is 14.7. The van der Waals surface area contributed by atoms with E-state index in [1.165, 1.54) is 24.2 Å². The van der Waals surface area contributed by atoms with Gasteiger partial charge < -0.3 is 9.64 Å². The number of carbonyl (C=O) groups excluding carboxylic acids is 1. The van der Waals surface area contributed by atoms with Crippen molar-refractivity contribution in [2.45, 2.75) is 38.8 Å². The lowest BCUT2D eigenvalue weighted by Gasteiger charge is -2.31. The number of nitrogens with zero attached hydrogens (tertiary/aromatic N) is 4. The number of rotatable bonds is 6. The van der Waals surface area contributed by atoms with Crippen LogP contribution in [0.3, 0.4) is 0 Å². The summed E-state index contributed by atoms with van der Waals surface area (Å²) in [6, 6.07) is 0. The summed E-state index contributed by atoms with van der Waals surface area (Å²) in [7, 11) is 0. The Morgan fingerprint density at radius 2 is 2.33 bits per heavy atom. The van der Waals surface area contributed by atoms with Crippen LogP contribution >= 0.6 is 11.3 Å². The smallest absolute Gasteiger partial charge is 0.273 e. The van der Waals surface area contributed by atoms with Crippen LogP contribution < -0.4 is 0 Å². The van der Waals surface area contributed by atoms with Gasteiger partial charge in [-0.05, 0) is 25.7 Å². The molecule has 0 bridgehead atoms. The van der Waals surface area contributed by atoms with Gasteiger partial charge in [0.2, 0.25) is 0 Å². The monoisotopic (exact) mass is 346 g/mol. The lowest BCUT2D eigenvalue weighted by atomic mass is 9.97. The summed E-state index contributed by atoms with van der Waals surface area (Å²) in [5.74, 6) is 0.916. The van der Waals surface area contributed by atoms with E-state index in [0.29, 0.717) is 32.0 Å². The van der Waals surface area contributed by atoms with Crippen LogP contribution in [0.2, 0.25) is 0 Å². The molecule has 24 heavy (non-hydrogen) atoms. The van der Waals surface area contributed by atoms with Crippen LogP contribution in [0.15, 0.2) is 17.1 Å². The quantitative estimate of drug-likeness (QED) is 0.806. The molecule has 1 fully saturated rings. The Morgan fingerprint density at radius 3 is 3.04 bits per heavy atom. The first-order valence-corrected chi connectivity index (χ1v) is 9.50. The zero-order valence-electron chi connectivity index (χ0n) is 13.9. The van der Waals surface area contributed by atoms with Crippen LogP contribution in [-0.2, 0) is 17.8 Å². The van der Waals surface area contributed by atoms with Gasteiger partial charge in [0.25, 0.3) is 5.91 Å². The van der Waals surface area contributed by atoms with Crippen molar-refractivity contribution >= 4 is 17.2 Å². The molecule has 0 saturated heterocycles. The van der Waals surface area contributed by atoms with Crippen LogP contribution in [0.25, 0.3) is 0 Å². The maximum absolute atomic E-state index is 12.7. The Morgan fingerprint density at radius 1 is 1.46 bits per heavy atom. The predicted molar refractivity (Wildman–Crippen MR) is 91.0 cm³/mol. The number of hydrogen-bond donors (Lipinski definition) is 0. The van der Waals surface area contributed by atoms with E-state index >= 15 is 0 Å². The summed E-state index contributed by atoms with van der Waals surface area (Å²) in [5.41, 5.74) is 4.49. The Bertz CT molecular complexity index is 708. The van der Waals surface area contributed by atoms with Crippen LogP contribution in [0.4, 0.5) is 0 Å². The van der Waals surface area contributed by atoms with E-state index in [2.05, 4.69) is 15.9 Å². The number of amides is 1. The van der Waals surface area contributed by atoms with Crippen molar-refractivity contribution in [1.29, 1.82) is 0 Å². The molecule has 6 nitrogen and oxygen atoms in total. The topological polar surface area (TPSA) is 60.2 Å². The highest BCUT2D eigenvalue weighted by Gasteiger charge is 2.33. The van der Waals surface area contributed by atoms with Crippen molar-refractivity contribution in [3.8, 4) is 0 Å². The Kier molecular flexibility index (Phi) is 4.37. The van der Waals surface area contributed by atoms with Crippen molar-refractivity contribution in [1.82, 2.24) is 19.7 Å². The second-order valence-corrected chi connectivity index (χ2v) is 7.34. The standard InChI is InChI=1S/C17H22N4O2S/c1-2-23-9-14-7-20(17(22)15-10-24-11-18-15)6-13-8-21(19-16(13)14)5-12-3-4-12/h8,10-12,14H,2-7,9H2,1H3/t14-/m1/s1. The molecule has 1 amide bonds. The second-order valence-electron chi connectivity index (χ2n) is 6.62. The fraction of sp³-hybridized carbons (Fsp3) is 0.588. The number of aromatic nitrogens is 3. The maximum Gasteiger partial charge on any atom is 0.273 e. The first-order valence-electron chi connectivity index (χ1n) is 8.56. The summed E-state index contributed by atoms with van der Waals surface area (Å²) in [6.07, 6.45) is 4.73. The molecule has 0 spiro atoms. The average molecular weight is 346 g/mol. The van der Waals surface area contributed by atoms with Gasteiger partial charge in [-0.3, -0.25) is 9.48 Å². The van der Waals surface area contributed by atoms with E-state index in [-0.39, 0.29) is 11.8 Å². The molecule has 7 heteroatoms. The summed E-state index contributed by atoms with van der Waals surface area (Å²) < 4.78 is 7.72. The fourth-order valence-electron chi connectivity index (χ4n) is 3.25. The number of thiazole rings is 1. The van der Waals surface area contributed by atoms with Crippen molar-refractivity contribution in [2.75, 3.05) is 19.8 Å². The Balaban J connectivity index is 1.57. The first kappa shape index (κ1) is 15.8. The summed E-state index contributed by atoms with van der Waals surface area (Å²) >= 11 is 1.45. The Hall–Kier alpha value is -1.73. The van der Waals surface area contributed by atoms with Gasteiger partial charge in [-0.25, -0.2) is 4.98 Å². The minimum absolute atomic E-state index is 0.00154. The molecule has 1 aliphatic carbocycles. The van der Waals surface area contributed by atoms with Crippen LogP contribution in [0.5, 0.6) is 0 Å². The van der Waals surface area contributed by atoms with Crippen LogP contribution in [-0.4, -0.2) is 45.3 Å². The molecule has 2 aliphatic rings.